The van der Waals surface area contributed by atoms with Gasteiger partial charge in [0.05, 0.1) is 11.1 Å². The highest BCUT2D eigenvalue weighted by Crippen LogP contribution is 2.32. The number of halogens is 3. The number of nitrogens with zero attached hydrogens (tertiary/aromatic N) is 2. The van der Waals surface area contributed by atoms with E-state index in [0.717, 1.165) is 17.3 Å². The van der Waals surface area contributed by atoms with E-state index in [9.17, 15) is 27.6 Å². The monoisotopic (exact) mass is 461 g/mol. The maximum Gasteiger partial charge on any atom is 0.417 e. The lowest BCUT2D eigenvalue weighted by molar-refractivity contribution is -0.138. The number of aryl methyl sites for hydroxylation is 1. The number of anilines is 1. The van der Waals surface area contributed by atoms with E-state index in [-0.39, 0.29) is 44.6 Å². The fourth-order valence-electron chi connectivity index (χ4n) is 3.93. The zero-order valence-electron chi connectivity index (χ0n) is 17.7. The normalized spacial score (nSPS) is 16.2. The summed E-state index contributed by atoms with van der Waals surface area (Å²) in [4.78, 5) is 39.5. The smallest absolute Gasteiger partial charge is 0.417 e. The number of hydrogen-bond donors (Lipinski definition) is 1. The van der Waals surface area contributed by atoms with Crippen molar-refractivity contribution in [1.82, 2.24) is 9.80 Å². The number of nitrogens with one attached hydrogen (secondary N) is 1. The van der Waals surface area contributed by atoms with Gasteiger partial charge in [0.25, 0.3) is 11.8 Å². The van der Waals surface area contributed by atoms with Gasteiger partial charge in [-0.15, -0.1) is 0 Å². The van der Waals surface area contributed by atoms with Crippen LogP contribution in [0.2, 0.25) is 0 Å². The molecule has 0 bridgehead atoms. The standard InChI is InChI=1S/C23H22F3N3O4/c24-23(25,26)18-4-2-1-3-17(18)22(32)29-11-9-28(10-12-29)21(31)14-33-16-6-7-19-15(13-16)5-8-20(30)27-19/h1-4,6-7,13H,5,8-12,14H2,(H,27,30). The van der Waals surface area contributed by atoms with Gasteiger partial charge < -0.3 is 19.9 Å². The Morgan fingerprint density at radius 2 is 1.67 bits per heavy atom. The Kier molecular flexibility index (Phi) is 6.26. The topological polar surface area (TPSA) is 79.0 Å². The lowest BCUT2D eigenvalue weighted by atomic mass is 10.0. The van der Waals surface area contributed by atoms with E-state index >= 15 is 0 Å². The molecule has 0 aromatic heterocycles. The number of amides is 3. The Bertz CT molecular complexity index is 1080. The molecule has 1 fully saturated rings. The summed E-state index contributed by atoms with van der Waals surface area (Å²) in [6, 6.07) is 9.89. The number of fused-ring (bicyclic) bond motifs is 1. The van der Waals surface area contributed by atoms with Crippen molar-refractivity contribution in [1.29, 1.82) is 0 Å². The minimum atomic E-state index is -4.62. The van der Waals surface area contributed by atoms with E-state index in [4.69, 9.17) is 4.74 Å². The molecule has 2 aliphatic rings. The second-order valence-electron chi connectivity index (χ2n) is 7.87. The summed E-state index contributed by atoms with van der Waals surface area (Å²) < 4.78 is 45.3. The molecule has 2 aromatic carbocycles. The molecule has 2 heterocycles. The third-order valence-corrected chi connectivity index (χ3v) is 5.72. The first-order valence-electron chi connectivity index (χ1n) is 10.5. The Morgan fingerprint density at radius 1 is 0.970 bits per heavy atom. The minimum absolute atomic E-state index is 0.0362. The second kappa shape index (κ2) is 9.13. The van der Waals surface area contributed by atoms with Gasteiger partial charge in [-0.05, 0) is 42.3 Å². The zero-order chi connectivity index (χ0) is 23.6. The van der Waals surface area contributed by atoms with Crippen molar-refractivity contribution in [3.63, 3.8) is 0 Å². The van der Waals surface area contributed by atoms with Crippen LogP contribution in [0.1, 0.15) is 27.9 Å². The van der Waals surface area contributed by atoms with Gasteiger partial charge in [-0.25, -0.2) is 0 Å². The van der Waals surface area contributed by atoms with Crippen LogP contribution < -0.4 is 10.1 Å². The van der Waals surface area contributed by atoms with Gasteiger partial charge in [0.1, 0.15) is 5.75 Å². The first-order valence-corrected chi connectivity index (χ1v) is 10.5. The number of carbonyl (C=O) groups is 3. The lowest BCUT2D eigenvalue weighted by Crippen LogP contribution is -2.51. The Morgan fingerprint density at radius 3 is 2.39 bits per heavy atom. The Hall–Kier alpha value is -3.56. The van der Waals surface area contributed by atoms with Crippen LogP contribution in [-0.2, 0) is 22.2 Å². The predicted molar refractivity (Wildman–Crippen MR) is 113 cm³/mol. The van der Waals surface area contributed by atoms with Crippen molar-refractivity contribution in [2.45, 2.75) is 19.0 Å². The van der Waals surface area contributed by atoms with Crippen LogP contribution in [-0.4, -0.2) is 60.3 Å². The summed E-state index contributed by atoms with van der Waals surface area (Å²) in [7, 11) is 0. The van der Waals surface area contributed by atoms with Crippen LogP contribution in [0.5, 0.6) is 5.75 Å². The van der Waals surface area contributed by atoms with Crippen LogP contribution in [0.3, 0.4) is 0 Å². The van der Waals surface area contributed by atoms with E-state index in [1.807, 2.05) is 0 Å². The predicted octanol–water partition coefficient (Wildman–Crippen LogP) is 2.95. The first-order chi connectivity index (χ1) is 15.7. The van der Waals surface area contributed by atoms with Gasteiger partial charge in [-0.1, -0.05) is 12.1 Å². The minimum Gasteiger partial charge on any atom is -0.484 e. The molecule has 7 nitrogen and oxygen atoms in total. The van der Waals surface area contributed by atoms with Gasteiger partial charge in [0.15, 0.2) is 6.61 Å². The average Bonchev–Trinajstić information content (AvgIpc) is 2.81. The summed E-state index contributed by atoms with van der Waals surface area (Å²) in [6.07, 6.45) is -3.63. The third-order valence-electron chi connectivity index (χ3n) is 5.72. The summed E-state index contributed by atoms with van der Waals surface area (Å²) in [5.41, 5.74) is 0.312. The van der Waals surface area contributed by atoms with Crippen molar-refractivity contribution in [3.05, 3.63) is 59.2 Å². The average molecular weight is 461 g/mol. The van der Waals surface area contributed by atoms with E-state index in [2.05, 4.69) is 5.32 Å². The molecule has 0 saturated carbocycles. The molecule has 0 unspecified atom stereocenters. The van der Waals surface area contributed by atoms with Crippen LogP contribution in [0.4, 0.5) is 18.9 Å². The first kappa shape index (κ1) is 22.6. The van der Waals surface area contributed by atoms with Gasteiger partial charge in [0, 0.05) is 38.3 Å². The molecular weight excluding hydrogens is 439 g/mol. The largest absolute Gasteiger partial charge is 0.484 e. The van der Waals surface area contributed by atoms with Gasteiger partial charge in [-0.2, -0.15) is 13.2 Å². The molecule has 1 N–H and O–H groups in total. The molecule has 0 atom stereocenters. The van der Waals surface area contributed by atoms with Crippen molar-refractivity contribution < 1.29 is 32.3 Å². The molecule has 0 spiro atoms. The molecule has 1 saturated heterocycles. The highest BCUT2D eigenvalue weighted by Gasteiger charge is 2.36. The molecule has 3 amide bonds. The van der Waals surface area contributed by atoms with Crippen molar-refractivity contribution in [3.8, 4) is 5.75 Å². The number of piperazine rings is 1. The number of rotatable bonds is 4. The van der Waals surface area contributed by atoms with Crippen molar-refractivity contribution in [2.75, 3.05) is 38.1 Å². The van der Waals surface area contributed by atoms with E-state index in [1.54, 1.807) is 18.2 Å². The van der Waals surface area contributed by atoms with Crippen molar-refractivity contribution in [2.24, 2.45) is 0 Å². The summed E-state index contributed by atoms with van der Waals surface area (Å²) in [5.74, 6) is -0.502. The third kappa shape index (κ3) is 5.10. The van der Waals surface area contributed by atoms with Crippen LogP contribution in [0.25, 0.3) is 0 Å². The molecule has 2 aliphatic heterocycles. The summed E-state index contributed by atoms with van der Waals surface area (Å²) in [6.45, 7) is 0.483. The van der Waals surface area contributed by atoms with E-state index < -0.39 is 23.2 Å². The molecule has 4 rings (SSSR count). The molecule has 10 heteroatoms. The number of alkyl halides is 3. The highest BCUT2D eigenvalue weighted by atomic mass is 19.4. The molecule has 174 valence electrons. The van der Waals surface area contributed by atoms with Crippen LogP contribution in [0, 0.1) is 0 Å². The molecule has 2 aromatic rings. The fraction of sp³-hybridized carbons (Fsp3) is 0.348. The Labute approximate surface area is 188 Å². The second-order valence-corrected chi connectivity index (χ2v) is 7.87. The van der Waals surface area contributed by atoms with Crippen molar-refractivity contribution >= 4 is 23.4 Å². The van der Waals surface area contributed by atoms with E-state index in [1.165, 1.54) is 28.0 Å². The number of hydrogen-bond acceptors (Lipinski definition) is 4. The molecule has 0 radical (unpaired) electrons. The maximum atomic E-state index is 13.2. The summed E-state index contributed by atoms with van der Waals surface area (Å²) >= 11 is 0. The highest BCUT2D eigenvalue weighted by molar-refractivity contribution is 5.96. The Balaban J connectivity index is 1.31. The SMILES string of the molecule is O=C1CCc2cc(OCC(=O)N3CCN(C(=O)c4ccccc4C(F)(F)F)CC3)ccc2N1. The molecule has 33 heavy (non-hydrogen) atoms. The summed E-state index contributed by atoms with van der Waals surface area (Å²) in [5, 5.41) is 2.78. The van der Waals surface area contributed by atoms with E-state index in [0.29, 0.717) is 18.6 Å². The van der Waals surface area contributed by atoms with Gasteiger partial charge in [-0.3, -0.25) is 14.4 Å². The van der Waals surface area contributed by atoms with Crippen LogP contribution in [0.15, 0.2) is 42.5 Å². The number of benzene rings is 2. The number of carbonyl (C=O) groups excluding carboxylic acids is 3. The van der Waals surface area contributed by atoms with Crippen LogP contribution >= 0.6 is 0 Å². The fourth-order valence-corrected chi connectivity index (χ4v) is 3.93. The zero-order valence-corrected chi connectivity index (χ0v) is 17.7. The quantitative estimate of drug-likeness (QED) is 0.760. The molecule has 0 aliphatic carbocycles. The van der Waals surface area contributed by atoms with Gasteiger partial charge >= 0.3 is 6.18 Å². The lowest BCUT2D eigenvalue weighted by Gasteiger charge is -2.35. The molecular formula is C23H22F3N3O4. The van der Waals surface area contributed by atoms with Gasteiger partial charge in [0.2, 0.25) is 5.91 Å². The maximum absolute atomic E-state index is 13.2. The number of ether oxygens (including phenoxy) is 1.